The summed E-state index contributed by atoms with van der Waals surface area (Å²) in [4.78, 5) is 28.5. The number of nitrogens with one attached hydrogen (secondary N) is 1. The summed E-state index contributed by atoms with van der Waals surface area (Å²) < 4.78 is 28.1. The lowest BCUT2D eigenvalue weighted by Gasteiger charge is -2.27. The molecule has 0 aliphatic carbocycles. The molecule has 2 amide bonds. The predicted molar refractivity (Wildman–Crippen MR) is 136 cm³/mol. The smallest absolute Gasteiger partial charge is 0.244 e. The van der Waals surface area contributed by atoms with Crippen molar-refractivity contribution in [2.45, 2.75) is 61.5 Å². The molecule has 1 atom stereocenters. The monoisotopic (exact) mass is 501 g/mol. The molecule has 7 nitrogen and oxygen atoms in total. The highest BCUT2D eigenvalue weighted by molar-refractivity contribution is 8.00. The van der Waals surface area contributed by atoms with Crippen molar-refractivity contribution in [2.24, 2.45) is 0 Å². The Morgan fingerprint density at radius 1 is 1.12 bits per heavy atom. The molecule has 2 aliphatic heterocycles. The predicted octanol–water partition coefficient (Wildman–Crippen LogP) is 4.33. The molecule has 2 aromatic carbocycles. The lowest BCUT2D eigenvalue weighted by molar-refractivity contribution is -0.121. The average molecular weight is 502 g/mol. The van der Waals surface area contributed by atoms with Crippen molar-refractivity contribution in [2.75, 3.05) is 29.9 Å². The van der Waals surface area contributed by atoms with Crippen LogP contribution in [-0.4, -0.2) is 49.4 Å². The maximum atomic E-state index is 13.3. The highest BCUT2D eigenvalue weighted by Crippen LogP contribution is 2.40. The number of carbonyl (C=O) groups is 2. The molecule has 1 saturated heterocycles. The van der Waals surface area contributed by atoms with Gasteiger partial charge in [0.2, 0.25) is 21.8 Å². The van der Waals surface area contributed by atoms with Crippen LogP contribution in [0.2, 0.25) is 0 Å². The number of benzene rings is 2. The number of hydrogen-bond acceptors (Lipinski definition) is 5. The summed E-state index contributed by atoms with van der Waals surface area (Å²) >= 11 is 1.53. The van der Waals surface area contributed by atoms with Gasteiger partial charge in [0, 0.05) is 35.3 Å². The highest BCUT2D eigenvalue weighted by Gasteiger charge is 2.32. The number of carbonyl (C=O) groups excluding carboxylic acids is 2. The first-order valence-electron chi connectivity index (χ1n) is 11.6. The normalized spacial score (nSPS) is 19.4. The highest BCUT2D eigenvalue weighted by atomic mass is 32.2. The third-order valence-electron chi connectivity index (χ3n) is 6.45. The fourth-order valence-electron chi connectivity index (χ4n) is 4.36. The summed E-state index contributed by atoms with van der Waals surface area (Å²) in [6.45, 7) is 6.71. The number of amides is 2. The number of anilines is 2. The first-order chi connectivity index (χ1) is 16.2. The van der Waals surface area contributed by atoms with Crippen LogP contribution in [0.25, 0.3) is 0 Å². The standard InChI is InChI=1S/C25H31N3O4S2/c1-17-8-7-9-21(19(17)3)26-24(29)16-28-22-15-20(34(31,32)27-12-5-4-6-13-27)10-11-23(22)33-18(2)14-25(28)30/h7-11,15,18H,4-6,12-14,16H2,1-3H3,(H,26,29)/t18-/m1/s1. The van der Waals surface area contributed by atoms with Gasteiger partial charge >= 0.3 is 0 Å². The van der Waals surface area contributed by atoms with Crippen molar-refractivity contribution in [1.29, 1.82) is 0 Å². The van der Waals surface area contributed by atoms with Gasteiger partial charge < -0.3 is 10.2 Å². The van der Waals surface area contributed by atoms with Crippen molar-refractivity contribution in [3.8, 4) is 0 Å². The van der Waals surface area contributed by atoms with E-state index < -0.39 is 10.0 Å². The molecular weight excluding hydrogens is 470 g/mol. The van der Waals surface area contributed by atoms with Crippen LogP contribution in [0.4, 0.5) is 11.4 Å². The minimum atomic E-state index is -3.66. The van der Waals surface area contributed by atoms with Crippen LogP contribution in [0.15, 0.2) is 46.2 Å². The van der Waals surface area contributed by atoms with Crippen molar-refractivity contribution in [1.82, 2.24) is 4.31 Å². The Morgan fingerprint density at radius 3 is 2.59 bits per heavy atom. The van der Waals surface area contributed by atoms with Crippen molar-refractivity contribution < 1.29 is 18.0 Å². The van der Waals surface area contributed by atoms with Crippen LogP contribution < -0.4 is 10.2 Å². The average Bonchev–Trinajstić information content (AvgIpc) is 2.92. The third kappa shape index (κ3) is 5.16. The molecule has 0 aromatic heterocycles. The summed E-state index contributed by atoms with van der Waals surface area (Å²) in [6, 6.07) is 10.6. The van der Waals surface area contributed by atoms with E-state index in [9.17, 15) is 18.0 Å². The van der Waals surface area contributed by atoms with Crippen molar-refractivity contribution in [3.05, 3.63) is 47.5 Å². The topological polar surface area (TPSA) is 86.8 Å². The molecule has 0 radical (unpaired) electrons. The maximum absolute atomic E-state index is 13.3. The number of rotatable bonds is 5. The van der Waals surface area contributed by atoms with Gasteiger partial charge in [-0.2, -0.15) is 4.31 Å². The number of thioether (sulfide) groups is 1. The SMILES string of the molecule is Cc1cccc(NC(=O)CN2C(=O)C[C@@H](C)Sc3ccc(S(=O)(=O)N4CCCCC4)cc32)c1C. The van der Waals surface area contributed by atoms with E-state index in [1.165, 1.54) is 21.0 Å². The summed E-state index contributed by atoms with van der Waals surface area (Å²) in [7, 11) is -3.66. The van der Waals surface area contributed by atoms with Crippen LogP contribution in [0.1, 0.15) is 43.7 Å². The van der Waals surface area contributed by atoms with Gasteiger partial charge in [-0.15, -0.1) is 11.8 Å². The lowest BCUT2D eigenvalue weighted by Crippen LogP contribution is -2.39. The molecule has 1 N–H and O–H groups in total. The van der Waals surface area contributed by atoms with E-state index in [0.29, 0.717) is 24.5 Å². The van der Waals surface area contributed by atoms with Gasteiger partial charge in [-0.3, -0.25) is 9.59 Å². The summed E-state index contributed by atoms with van der Waals surface area (Å²) in [5.74, 6) is -0.515. The first-order valence-corrected chi connectivity index (χ1v) is 14.0. The van der Waals surface area contributed by atoms with E-state index >= 15 is 0 Å². The van der Waals surface area contributed by atoms with Gasteiger partial charge in [0.1, 0.15) is 6.54 Å². The van der Waals surface area contributed by atoms with Crippen LogP contribution >= 0.6 is 11.8 Å². The van der Waals surface area contributed by atoms with Gasteiger partial charge in [-0.05, 0) is 62.1 Å². The van der Waals surface area contributed by atoms with E-state index in [1.807, 2.05) is 39.0 Å². The Labute approximate surface area is 205 Å². The van der Waals surface area contributed by atoms with E-state index in [2.05, 4.69) is 5.32 Å². The number of fused-ring (bicyclic) bond motifs is 1. The Bertz CT molecular complexity index is 1210. The molecule has 0 spiro atoms. The second kappa shape index (κ2) is 10.1. The molecule has 2 aromatic rings. The van der Waals surface area contributed by atoms with E-state index in [4.69, 9.17) is 0 Å². The van der Waals surface area contributed by atoms with Gasteiger partial charge in [0.05, 0.1) is 10.6 Å². The van der Waals surface area contributed by atoms with Gasteiger partial charge in [0.15, 0.2) is 0 Å². The molecule has 0 saturated carbocycles. The molecule has 34 heavy (non-hydrogen) atoms. The maximum Gasteiger partial charge on any atom is 0.244 e. The summed E-state index contributed by atoms with van der Waals surface area (Å²) in [5, 5.41) is 2.93. The van der Waals surface area contributed by atoms with Crippen LogP contribution in [0.5, 0.6) is 0 Å². The largest absolute Gasteiger partial charge is 0.324 e. The lowest BCUT2D eigenvalue weighted by atomic mass is 10.1. The zero-order valence-corrected chi connectivity index (χ0v) is 21.5. The van der Waals surface area contributed by atoms with Gasteiger partial charge in [-0.25, -0.2) is 8.42 Å². The van der Waals surface area contributed by atoms with E-state index in [0.717, 1.165) is 35.3 Å². The Kier molecular flexibility index (Phi) is 7.35. The molecule has 1 fully saturated rings. The van der Waals surface area contributed by atoms with E-state index in [-0.39, 0.29) is 34.9 Å². The molecule has 182 valence electrons. The minimum absolute atomic E-state index is 0.0166. The number of piperidine rings is 1. The number of sulfonamides is 1. The zero-order chi connectivity index (χ0) is 24.5. The Balaban J connectivity index is 1.65. The second-order valence-electron chi connectivity index (χ2n) is 9.00. The van der Waals surface area contributed by atoms with Crippen molar-refractivity contribution >= 4 is 45.0 Å². The Hall–Kier alpha value is -2.36. The minimum Gasteiger partial charge on any atom is -0.324 e. The Morgan fingerprint density at radius 2 is 1.85 bits per heavy atom. The molecule has 0 bridgehead atoms. The third-order valence-corrected chi connectivity index (χ3v) is 9.51. The fourth-order valence-corrected chi connectivity index (χ4v) is 7.00. The van der Waals surface area contributed by atoms with Crippen LogP contribution in [-0.2, 0) is 19.6 Å². The molecule has 2 heterocycles. The molecule has 9 heteroatoms. The zero-order valence-electron chi connectivity index (χ0n) is 19.8. The summed E-state index contributed by atoms with van der Waals surface area (Å²) in [6.07, 6.45) is 2.99. The van der Waals surface area contributed by atoms with Crippen LogP contribution in [0.3, 0.4) is 0 Å². The van der Waals surface area contributed by atoms with E-state index in [1.54, 1.807) is 18.2 Å². The molecule has 4 rings (SSSR count). The second-order valence-corrected chi connectivity index (χ2v) is 12.4. The van der Waals surface area contributed by atoms with Crippen LogP contribution in [0, 0.1) is 13.8 Å². The van der Waals surface area contributed by atoms with Crippen molar-refractivity contribution in [3.63, 3.8) is 0 Å². The number of hydrogen-bond donors (Lipinski definition) is 1. The quantitative estimate of drug-likeness (QED) is 0.659. The van der Waals surface area contributed by atoms with Gasteiger partial charge in [0.25, 0.3) is 0 Å². The first kappa shape index (κ1) is 24.8. The molecule has 2 aliphatic rings. The molecular formula is C25H31N3O4S2. The number of nitrogens with zero attached hydrogens (tertiary/aromatic N) is 2. The summed E-state index contributed by atoms with van der Waals surface area (Å²) in [5.41, 5.74) is 3.22. The van der Waals surface area contributed by atoms with Gasteiger partial charge in [-0.1, -0.05) is 25.5 Å². The number of aryl methyl sites for hydroxylation is 1. The molecule has 0 unspecified atom stereocenters. The fraction of sp³-hybridized carbons (Fsp3) is 0.440.